The van der Waals surface area contributed by atoms with Crippen molar-refractivity contribution in [2.75, 3.05) is 27.2 Å². The molecule has 0 bridgehead atoms. The van der Waals surface area contributed by atoms with E-state index in [4.69, 9.17) is 4.74 Å². The zero-order valence-corrected chi connectivity index (χ0v) is 10.2. The second-order valence-corrected chi connectivity index (χ2v) is 4.96. The molecule has 0 saturated heterocycles. The van der Waals surface area contributed by atoms with E-state index in [-0.39, 0.29) is 4.90 Å². The van der Waals surface area contributed by atoms with E-state index in [2.05, 4.69) is 10.0 Å². The molecule has 0 spiro atoms. The van der Waals surface area contributed by atoms with Crippen molar-refractivity contribution >= 4 is 10.0 Å². The molecule has 1 aromatic rings. The molecule has 0 atom stereocenters. The monoisotopic (exact) mass is 244 g/mol. The van der Waals surface area contributed by atoms with Crippen LogP contribution >= 0.6 is 0 Å². The number of sulfonamides is 1. The Morgan fingerprint density at radius 1 is 1.25 bits per heavy atom. The first kappa shape index (κ1) is 13.0. The zero-order valence-electron chi connectivity index (χ0n) is 9.36. The van der Waals surface area contributed by atoms with Gasteiger partial charge in [0.05, 0.1) is 0 Å². The van der Waals surface area contributed by atoms with Gasteiger partial charge in [-0.05, 0) is 26.2 Å². The van der Waals surface area contributed by atoms with E-state index in [1.165, 1.54) is 13.1 Å². The molecule has 0 aliphatic heterocycles. The molecule has 0 aliphatic rings. The summed E-state index contributed by atoms with van der Waals surface area (Å²) in [4.78, 5) is 0.161. The highest BCUT2D eigenvalue weighted by Crippen LogP contribution is 2.22. The third-order valence-electron chi connectivity index (χ3n) is 2.02. The molecular weight excluding hydrogens is 228 g/mol. The summed E-state index contributed by atoms with van der Waals surface area (Å²) < 4.78 is 30.9. The van der Waals surface area contributed by atoms with Gasteiger partial charge in [-0.25, -0.2) is 13.1 Å². The number of para-hydroxylation sites is 1. The first-order chi connectivity index (χ1) is 7.61. The Balaban J connectivity index is 2.92. The van der Waals surface area contributed by atoms with Crippen molar-refractivity contribution in [1.82, 2.24) is 10.0 Å². The molecule has 1 rings (SSSR count). The average molecular weight is 244 g/mol. The summed E-state index contributed by atoms with van der Waals surface area (Å²) in [5.74, 6) is 0.368. The summed E-state index contributed by atoms with van der Waals surface area (Å²) in [7, 11) is -0.282. The fraction of sp³-hybridized carbons (Fsp3) is 0.400. The zero-order chi connectivity index (χ0) is 12.0. The SMILES string of the molecule is CNCCOc1ccccc1S(=O)(=O)NC. The molecule has 1 aromatic carbocycles. The number of ether oxygens (including phenoxy) is 1. The molecular formula is C10H16N2O3S. The van der Waals surface area contributed by atoms with E-state index in [1.807, 2.05) is 0 Å². The van der Waals surface area contributed by atoms with Crippen LogP contribution in [0.15, 0.2) is 29.2 Å². The highest BCUT2D eigenvalue weighted by atomic mass is 32.2. The van der Waals surface area contributed by atoms with Gasteiger partial charge in [-0.1, -0.05) is 12.1 Å². The van der Waals surface area contributed by atoms with Gasteiger partial charge in [0.25, 0.3) is 0 Å². The Kier molecular flexibility index (Phi) is 4.72. The largest absolute Gasteiger partial charge is 0.491 e. The summed E-state index contributed by atoms with van der Waals surface area (Å²) in [5, 5.41) is 2.92. The molecule has 2 N–H and O–H groups in total. The van der Waals surface area contributed by atoms with Crippen molar-refractivity contribution in [3.8, 4) is 5.75 Å². The molecule has 0 aromatic heterocycles. The van der Waals surface area contributed by atoms with Gasteiger partial charge in [0.15, 0.2) is 0 Å². The Hall–Kier alpha value is -1.11. The van der Waals surface area contributed by atoms with Gasteiger partial charge in [0.1, 0.15) is 17.3 Å². The third kappa shape index (κ3) is 3.19. The summed E-state index contributed by atoms with van der Waals surface area (Å²) >= 11 is 0. The normalized spacial score (nSPS) is 11.4. The van der Waals surface area contributed by atoms with Crippen LogP contribution in [0.1, 0.15) is 0 Å². The topological polar surface area (TPSA) is 67.4 Å². The predicted octanol–water partition coefficient (Wildman–Crippen LogP) is 0.193. The third-order valence-corrected chi connectivity index (χ3v) is 3.47. The van der Waals surface area contributed by atoms with Crippen LogP contribution in [0.4, 0.5) is 0 Å². The van der Waals surface area contributed by atoms with Crippen LogP contribution in [0.3, 0.4) is 0 Å². The number of nitrogens with one attached hydrogen (secondary N) is 2. The number of hydrogen-bond donors (Lipinski definition) is 2. The van der Waals surface area contributed by atoms with Gasteiger partial charge in [-0.2, -0.15) is 0 Å². The number of rotatable bonds is 6. The van der Waals surface area contributed by atoms with Gasteiger partial charge in [-0.3, -0.25) is 0 Å². The number of benzene rings is 1. The first-order valence-electron chi connectivity index (χ1n) is 4.92. The number of hydrogen-bond acceptors (Lipinski definition) is 4. The molecule has 5 nitrogen and oxygen atoms in total. The van der Waals surface area contributed by atoms with Crippen molar-refractivity contribution in [3.05, 3.63) is 24.3 Å². The molecule has 0 heterocycles. The van der Waals surface area contributed by atoms with E-state index >= 15 is 0 Å². The fourth-order valence-corrected chi connectivity index (χ4v) is 2.03. The van der Waals surface area contributed by atoms with Gasteiger partial charge in [-0.15, -0.1) is 0 Å². The van der Waals surface area contributed by atoms with Crippen LogP contribution in [0.25, 0.3) is 0 Å². The second kappa shape index (κ2) is 5.83. The lowest BCUT2D eigenvalue weighted by Crippen LogP contribution is -2.21. The Bertz CT molecular complexity index is 431. The van der Waals surface area contributed by atoms with Crippen LogP contribution in [-0.2, 0) is 10.0 Å². The van der Waals surface area contributed by atoms with Crippen molar-refractivity contribution in [1.29, 1.82) is 0 Å². The Labute approximate surface area is 95.9 Å². The van der Waals surface area contributed by atoms with Crippen LogP contribution in [-0.4, -0.2) is 35.7 Å². The Morgan fingerprint density at radius 2 is 1.94 bits per heavy atom. The lowest BCUT2D eigenvalue weighted by atomic mass is 10.3. The van der Waals surface area contributed by atoms with E-state index in [0.717, 1.165) is 0 Å². The molecule has 16 heavy (non-hydrogen) atoms. The standard InChI is InChI=1S/C10H16N2O3S/c1-11-7-8-15-9-5-3-4-6-10(9)16(13,14)12-2/h3-6,11-12H,7-8H2,1-2H3. The number of likely N-dealkylation sites (N-methyl/N-ethyl adjacent to an activating group) is 1. The van der Waals surface area contributed by atoms with Gasteiger partial charge < -0.3 is 10.1 Å². The highest BCUT2D eigenvalue weighted by molar-refractivity contribution is 7.89. The maximum Gasteiger partial charge on any atom is 0.243 e. The molecule has 90 valence electrons. The summed E-state index contributed by atoms with van der Waals surface area (Å²) in [6.45, 7) is 1.08. The highest BCUT2D eigenvalue weighted by Gasteiger charge is 2.16. The van der Waals surface area contributed by atoms with Crippen LogP contribution in [0, 0.1) is 0 Å². The van der Waals surface area contributed by atoms with Crippen LogP contribution < -0.4 is 14.8 Å². The minimum atomic E-state index is -3.46. The van der Waals surface area contributed by atoms with Crippen molar-refractivity contribution in [3.63, 3.8) is 0 Å². The van der Waals surface area contributed by atoms with Gasteiger partial charge >= 0.3 is 0 Å². The first-order valence-corrected chi connectivity index (χ1v) is 6.40. The van der Waals surface area contributed by atoms with Crippen LogP contribution in [0.2, 0.25) is 0 Å². The minimum Gasteiger partial charge on any atom is -0.491 e. The maximum atomic E-state index is 11.6. The van der Waals surface area contributed by atoms with Crippen LogP contribution in [0.5, 0.6) is 5.75 Å². The molecule has 0 unspecified atom stereocenters. The lowest BCUT2D eigenvalue weighted by Gasteiger charge is -2.10. The van der Waals surface area contributed by atoms with Crippen molar-refractivity contribution in [2.45, 2.75) is 4.90 Å². The van der Waals surface area contributed by atoms with E-state index in [0.29, 0.717) is 18.9 Å². The molecule has 0 aliphatic carbocycles. The Morgan fingerprint density at radius 3 is 2.56 bits per heavy atom. The molecule has 0 radical (unpaired) electrons. The lowest BCUT2D eigenvalue weighted by molar-refractivity contribution is 0.310. The van der Waals surface area contributed by atoms with Gasteiger partial charge in [0, 0.05) is 6.54 Å². The van der Waals surface area contributed by atoms with E-state index in [9.17, 15) is 8.42 Å². The minimum absolute atomic E-state index is 0.161. The van der Waals surface area contributed by atoms with Crippen molar-refractivity contribution < 1.29 is 13.2 Å². The summed E-state index contributed by atoms with van der Waals surface area (Å²) in [6.07, 6.45) is 0. The fourth-order valence-electron chi connectivity index (χ4n) is 1.16. The second-order valence-electron chi connectivity index (χ2n) is 3.11. The van der Waals surface area contributed by atoms with Gasteiger partial charge in [0.2, 0.25) is 10.0 Å². The summed E-state index contributed by atoms with van der Waals surface area (Å²) in [6, 6.07) is 6.55. The molecule has 0 saturated carbocycles. The molecule has 6 heteroatoms. The van der Waals surface area contributed by atoms with E-state index < -0.39 is 10.0 Å². The average Bonchev–Trinajstić information content (AvgIpc) is 2.30. The van der Waals surface area contributed by atoms with Crippen molar-refractivity contribution in [2.24, 2.45) is 0 Å². The smallest absolute Gasteiger partial charge is 0.243 e. The molecule has 0 fully saturated rings. The summed E-state index contributed by atoms with van der Waals surface area (Å²) in [5.41, 5.74) is 0. The van der Waals surface area contributed by atoms with E-state index in [1.54, 1.807) is 25.2 Å². The molecule has 0 amide bonds. The maximum absolute atomic E-state index is 11.6. The predicted molar refractivity (Wildman–Crippen MR) is 62.1 cm³/mol. The quantitative estimate of drug-likeness (QED) is 0.701.